The maximum absolute atomic E-state index is 15.1. The van der Waals surface area contributed by atoms with Gasteiger partial charge in [0.25, 0.3) is 0 Å². The zero-order chi connectivity index (χ0) is 28.5. The minimum atomic E-state index is -1.04. The Bertz CT molecular complexity index is 1280. The van der Waals surface area contributed by atoms with Crippen LogP contribution in [-0.4, -0.2) is 26.1 Å². The van der Waals surface area contributed by atoms with Crippen LogP contribution in [0.3, 0.4) is 0 Å². The van der Waals surface area contributed by atoms with E-state index in [1.165, 1.54) is 43.5 Å². The lowest BCUT2D eigenvalue weighted by Crippen LogP contribution is -2.30. The molecule has 0 spiro atoms. The lowest BCUT2D eigenvalue weighted by Gasteiger charge is -2.28. The SMILES string of the molecule is C/C=C/C1OCC(c2ccc(-c3ccc(-c4ccc(OCCCCCCCC)c(F)c4F)cc3)c(F)c2F)CO1. The molecule has 0 atom stereocenters. The van der Waals surface area contributed by atoms with Crippen molar-refractivity contribution in [1.82, 2.24) is 0 Å². The van der Waals surface area contributed by atoms with Crippen LogP contribution in [0.25, 0.3) is 22.3 Å². The minimum Gasteiger partial charge on any atom is -0.490 e. The highest BCUT2D eigenvalue weighted by Crippen LogP contribution is 2.34. The number of hydrogen-bond donors (Lipinski definition) is 0. The lowest BCUT2D eigenvalue weighted by atomic mass is 9.94. The Hall–Kier alpha value is -3.16. The highest BCUT2D eigenvalue weighted by Gasteiger charge is 2.27. The summed E-state index contributed by atoms with van der Waals surface area (Å²) in [5.74, 6) is -4.52. The molecule has 1 aliphatic rings. The van der Waals surface area contributed by atoms with E-state index in [0.29, 0.717) is 17.7 Å². The van der Waals surface area contributed by atoms with Crippen LogP contribution in [0.4, 0.5) is 17.6 Å². The van der Waals surface area contributed by atoms with Gasteiger partial charge >= 0.3 is 0 Å². The zero-order valence-electron chi connectivity index (χ0n) is 23.0. The summed E-state index contributed by atoms with van der Waals surface area (Å²) in [5, 5.41) is 0. The van der Waals surface area contributed by atoms with Crippen molar-refractivity contribution in [3.05, 3.63) is 89.5 Å². The van der Waals surface area contributed by atoms with Gasteiger partial charge < -0.3 is 14.2 Å². The van der Waals surface area contributed by atoms with E-state index in [2.05, 4.69) is 6.92 Å². The van der Waals surface area contributed by atoms with E-state index in [4.69, 9.17) is 14.2 Å². The Labute approximate surface area is 233 Å². The fourth-order valence-electron chi connectivity index (χ4n) is 4.83. The van der Waals surface area contributed by atoms with E-state index >= 15 is 8.78 Å². The second kappa shape index (κ2) is 14.5. The fraction of sp³-hybridized carbons (Fsp3) is 0.394. The molecule has 0 unspecified atom stereocenters. The normalized spacial score (nSPS) is 17.4. The minimum absolute atomic E-state index is 0.0616. The molecule has 0 aliphatic carbocycles. The average Bonchev–Trinajstić information content (AvgIpc) is 2.97. The van der Waals surface area contributed by atoms with E-state index in [9.17, 15) is 8.78 Å². The monoisotopic (exact) mass is 556 g/mol. The van der Waals surface area contributed by atoms with E-state index in [-0.39, 0.29) is 35.7 Å². The van der Waals surface area contributed by atoms with Gasteiger partial charge in [-0.25, -0.2) is 13.2 Å². The van der Waals surface area contributed by atoms with Gasteiger partial charge in [-0.15, -0.1) is 0 Å². The van der Waals surface area contributed by atoms with E-state index < -0.39 is 35.5 Å². The first-order valence-corrected chi connectivity index (χ1v) is 14.0. The van der Waals surface area contributed by atoms with Gasteiger partial charge in [0, 0.05) is 17.0 Å². The smallest absolute Gasteiger partial charge is 0.201 e. The largest absolute Gasteiger partial charge is 0.490 e. The van der Waals surface area contributed by atoms with Gasteiger partial charge in [0.2, 0.25) is 5.82 Å². The van der Waals surface area contributed by atoms with Crippen LogP contribution in [0.5, 0.6) is 5.75 Å². The molecule has 40 heavy (non-hydrogen) atoms. The third-order valence-electron chi connectivity index (χ3n) is 7.13. The van der Waals surface area contributed by atoms with Crippen LogP contribution in [-0.2, 0) is 9.47 Å². The molecule has 4 rings (SSSR count). The molecule has 0 amide bonds. The van der Waals surface area contributed by atoms with Gasteiger partial charge in [-0.2, -0.15) is 4.39 Å². The molecule has 0 N–H and O–H groups in total. The van der Waals surface area contributed by atoms with Crippen molar-refractivity contribution in [1.29, 1.82) is 0 Å². The summed E-state index contributed by atoms with van der Waals surface area (Å²) in [4.78, 5) is 0. The van der Waals surface area contributed by atoms with Gasteiger partial charge in [-0.3, -0.25) is 0 Å². The van der Waals surface area contributed by atoms with Gasteiger partial charge in [0.1, 0.15) is 0 Å². The van der Waals surface area contributed by atoms with Crippen molar-refractivity contribution in [2.45, 2.75) is 64.6 Å². The highest BCUT2D eigenvalue weighted by atomic mass is 19.2. The molecule has 0 aromatic heterocycles. The van der Waals surface area contributed by atoms with Crippen molar-refractivity contribution in [2.24, 2.45) is 0 Å². The van der Waals surface area contributed by atoms with E-state index in [0.717, 1.165) is 19.3 Å². The topological polar surface area (TPSA) is 27.7 Å². The quantitative estimate of drug-likeness (QED) is 0.126. The van der Waals surface area contributed by atoms with Crippen LogP contribution >= 0.6 is 0 Å². The molecule has 3 aromatic carbocycles. The number of rotatable bonds is 12. The molecular weight excluding hydrogens is 520 g/mol. The molecule has 0 radical (unpaired) electrons. The maximum atomic E-state index is 15.1. The molecule has 0 bridgehead atoms. The van der Waals surface area contributed by atoms with Crippen molar-refractivity contribution in [3.8, 4) is 28.0 Å². The molecule has 0 saturated carbocycles. The third-order valence-corrected chi connectivity index (χ3v) is 7.13. The first kappa shape index (κ1) is 29.8. The second-order valence-electron chi connectivity index (χ2n) is 10.0. The van der Waals surface area contributed by atoms with Crippen LogP contribution in [0, 0.1) is 23.3 Å². The predicted molar refractivity (Wildman–Crippen MR) is 149 cm³/mol. The second-order valence-corrected chi connectivity index (χ2v) is 10.0. The molecule has 3 nitrogen and oxygen atoms in total. The number of allylic oxidation sites excluding steroid dienone is 1. The molecule has 3 aromatic rings. The van der Waals surface area contributed by atoms with Crippen LogP contribution < -0.4 is 4.74 Å². The van der Waals surface area contributed by atoms with Gasteiger partial charge in [-0.1, -0.05) is 81.5 Å². The predicted octanol–water partition coefficient (Wildman–Crippen LogP) is 9.35. The summed E-state index contributed by atoms with van der Waals surface area (Å²) in [6.07, 6.45) is 9.48. The van der Waals surface area contributed by atoms with Crippen molar-refractivity contribution in [2.75, 3.05) is 19.8 Å². The number of ether oxygens (including phenoxy) is 3. The number of hydrogen-bond acceptors (Lipinski definition) is 3. The first-order chi connectivity index (χ1) is 19.4. The lowest BCUT2D eigenvalue weighted by molar-refractivity contribution is -0.159. The van der Waals surface area contributed by atoms with Gasteiger partial charge in [0.15, 0.2) is 29.5 Å². The Balaban J connectivity index is 1.42. The summed E-state index contributed by atoms with van der Waals surface area (Å²) in [6.45, 7) is 4.75. The Morgan fingerprint density at radius 1 is 0.725 bits per heavy atom. The molecule has 214 valence electrons. The number of benzene rings is 3. The maximum Gasteiger partial charge on any atom is 0.201 e. The summed E-state index contributed by atoms with van der Waals surface area (Å²) in [7, 11) is 0. The Kier molecular flexibility index (Phi) is 10.8. The summed E-state index contributed by atoms with van der Waals surface area (Å²) in [5.41, 5.74) is 1.14. The molecule has 1 fully saturated rings. The fourth-order valence-corrected chi connectivity index (χ4v) is 4.83. The third kappa shape index (κ3) is 7.12. The van der Waals surface area contributed by atoms with Crippen LogP contribution in [0.15, 0.2) is 60.7 Å². The molecule has 1 aliphatic heterocycles. The van der Waals surface area contributed by atoms with Crippen molar-refractivity contribution >= 4 is 0 Å². The highest BCUT2D eigenvalue weighted by molar-refractivity contribution is 5.72. The molecular formula is C33H36F4O3. The standard InChI is InChI=1S/C33H36F4O3/c1-3-5-6-7-8-9-19-38-28-18-17-26(32(36)33(28)37)23-13-11-22(12-14-23)25-15-16-27(31(35)30(25)34)24-20-39-29(10-4-2)40-21-24/h4,10-18,24,29H,3,5-9,19-21H2,1-2H3/b10-4+. The van der Waals surface area contributed by atoms with Crippen LogP contribution in [0.2, 0.25) is 0 Å². The van der Waals surface area contributed by atoms with E-state index in [1.807, 2.05) is 6.92 Å². The Morgan fingerprint density at radius 2 is 1.30 bits per heavy atom. The van der Waals surface area contributed by atoms with Crippen molar-refractivity contribution < 1.29 is 31.8 Å². The molecule has 1 heterocycles. The van der Waals surface area contributed by atoms with E-state index in [1.54, 1.807) is 36.4 Å². The van der Waals surface area contributed by atoms with Gasteiger partial charge in [0.05, 0.1) is 19.8 Å². The van der Waals surface area contributed by atoms with Crippen LogP contribution in [0.1, 0.15) is 63.9 Å². The molecule has 1 saturated heterocycles. The number of unbranched alkanes of at least 4 members (excludes halogenated alkanes) is 5. The van der Waals surface area contributed by atoms with Crippen molar-refractivity contribution in [3.63, 3.8) is 0 Å². The summed E-state index contributed by atoms with van der Waals surface area (Å²) < 4.78 is 76.3. The first-order valence-electron chi connectivity index (χ1n) is 14.0. The average molecular weight is 557 g/mol. The Morgan fingerprint density at radius 3 is 1.93 bits per heavy atom. The molecule has 7 heteroatoms. The number of halogens is 4. The van der Waals surface area contributed by atoms with Gasteiger partial charge in [-0.05, 0) is 48.2 Å². The zero-order valence-corrected chi connectivity index (χ0v) is 23.0. The summed E-state index contributed by atoms with van der Waals surface area (Å²) >= 11 is 0. The summed E-state index contributed by atoms with van der Waals surface area (Å²) in [6, 6.07) is 12.2.